The topological polar surface area (TPSA) is 103 Å². The fraction of sp³-hybridized carbons (Fsp3) is 0.222. The van der Waals surface area contributed by atoms with Gasteiger partial charge in [-0.15, -0.1) is 0 Å². The molecule has 3 N–H and O–H groups in total. The Balaban J connectivity index is 2.31. The molecule has 0 atom stereocenters. The van der Waals surface area contributed by atoms with Gasteiger partial charge in [-0.2, -0.15) is 5.10 Å². The number of nitrogens with zero attached hydrogens (tertiary/aromatic N) is 2. The van der Waals surface area contributed by atoms with Crippen LogP contribution >= 0.6 is 12.2 Å². The molecule has 0 heterocycles. The van der Waals surface area contributed by atoms with Gasteiger partial charge in [-0.05, 0) is 41.4 Å². The first-order chi connectivity index (χ1) is 12.2. The molecule has 2 aromatic rings. The molecule has 0 fully saturated rings. The van der Waals surface area contributed by atoms with Crippen LogP contribution in [0.15, 0.2) is 47.6 Å². The maximum atomic E-state index is 11.0. The molecule has 0 unspecified atom stereocenters. The average Bonchev–Trinajstić information content (AvgIpc) is 2.55. The Bertz CT molecular complexity index is 843. The molecule has 0 amide bonds. The van der Waals surface area contributed by atoms with Crippen LogP contribution in [-0.2, 0) is 5.41 Å². The van der Waals surface area contributed by atoms with E-state index in [9.17, 15) is 10.1 Å². The molecular weight excluding hydrogens is 352 g/mol. The first kappa shape index (κ1) is 19.3. The van der Waals surface area contributed by atoms with Gasteiger partial charge in [0.05, 0.1) is 11.1 Å². The van der Waals surface area contributed by atoms with E-state index >= 15 is 0 Å². The predicted molar refractivity (Wildman–Crippen MR) is 106 cm³/mol. The third-order valence-corrected chi connectivity index (χ3v) is 3.62. The molecule has 0 aliphatic heterocycles. The molecule has 0 aromatic heterocycles. The van der Waals surface area contributed by atoms with Crippen molar-refractivity contribution in [1.29, 1.82) is 0 Å². The molecule has 0 saturated carbocycles. The van der Waals surface area contributed by atoms with Crippen molar-refractivity contribution >= 4 is 29.2 Å². The van der Waals surface area contributed by atoms with E-state index in [1.165, 1.54) is 30.0 Å². The Labute approximate surface area is 157 Å². The van der Waals surface area contributed by atoms with Crippen LogP contribution < -0.4 is 15.9 Å². The monoisotopic (exact) mass is 372 g/mol. The zero-order valence-corrected chi connectivity index (χ0v) is 15.5. The molecule has 0 aliphatic rings. The zero-order chi connectivity index (χ0) is 19.3. The lowest BCUT2D eigenvalue weighted by atomic mass is 9.87. The number of rotatable bonds is 5. The van der Waals surface area contributed by atoms with Gasteiger partial charge in [0.15, 0.2) is 5.11 Å². The van der Waals surface area contributed by atoms with Gasteiger partial charge >= 0.3 is 0 Å². The van der Waals surface area contributed by atoms with Crippen molar-refractivity contribution in [2.45, 2.75) is 26.2 Å². The normalized spacial score (nSPS) is 11.3. The van der Waals surface area contributed by atoms with Gasteiger partial charge in [-0.3, -0.25) is 15.5 Å². The Morgan fingerprint density at radius 1 is 1.27 bits per heavy atom. The number of benzene rings is 2. The summed E-state index contributed by atoms with van der Waals surface area (Å²) in [7, 11) is 0. The summed E-state index contributed by atoms with van der Waals surface area (Å²) in [4.78, 5) is 10.5. The minimum Gasteiger partial charge on any atom is -0.457 e. The van der Waals surface area contributed by atoms with Crippen LogP contribution in [0, 0.1) is 10.1 Å². The first-order valence-corrected chi connectivity index (χ1v) is 8.23. The quantitative estimate of drug-likeness (QED) is 0.358. The molecule has 7 nitrogen and oxygen atoms in total. The standard InChI is InChI=1S/C18H20N4O3S/c1-18(2,3)13-4-7-15(8-5-13)25-16-9-6-14(22(23)24)10-12(16)11-20-21-17(19)26/h4-11H,1-3H3,(H3,19,21,26). The van der Waals surface area contributed by atoms with Gasteiger partial charge in [0.1, 0.15) is 11.5 Å². The highest BCUT2D eigenvalue weighted by Gasteiger charge is 2.14. The Morgan fingerprint density at radius 2 is 1.92 bits per heavy atom. The van der Waals surface area contributed by atoms with Crippen molar-refractivity contribution in [2.24, 2.45) is 10.8 Å². The molecule has 0 saturated heterocycles. The van der Waals surface area contributed by atoms with E-state index in [1.807, 2.05) is 24.3 Å². The van der Waals surface area contributed by atoms with Gasteiger partial charge in [-0.25, -0.2) is 0 Å². The van der Waals surface area contributed by atoms with E-state index in [2.05, 4.69) is 43.5 Å². The molecule has 0 bridgehead atoms. The number of thiocarbonyl (C=S) groups is 1. The highest BCUT2D eigenvalue weighted by Crippen LogP contribution is 2.30. The fourth-order valence-corrected chi connectivity index (χ4v) is 2.21. The second-order valence-electron chi connectivity index (χ2n) is 6.59. The van der Waals surface area contributed by atoms with Crippen molar-refractivity contribution in [2.75, 3.05) is 0 Å². The summed E-state index contributed by atoms with van der Waals surface area (Å²) in [6.45, 7) is 6.38. The van der Waals surface area contributed by atoms with Gasteiger partial charge in [0.25, 0.3) is 5.69 Å². The highest BCUT2D eigenvalue weighted by atomic mass is 32.1. The second kappa shape index (κ2) is 7.92. The molecule has 2 rings (SSSR count). The van der Waals surface area contributed by atoms with Crippen LogP contribution in [0.3, 0.4) is 0 Å². The molecule has 0 aliphatic carbocycles. The van der Waals surface area contributed by atoms with Crippen LogP contribution in [0.4, 0.5) is 5.69 Å². The molecular formula is C18H20N4O3S. The van der Waals surface area contributed by atoms with E-state index in [0.29, 0.717) is 17.1 Å². The zero-order valence-electron chi connectivity index (χ0n) is 14.7. The van der Waals surface area contributed by atoms with Crippen molar-refractivity contribution in [3.8, 4) is 11.5 Å². The summed E-state index contributed by atoms with van der Waals surface area (Å²) >= 11 is 4.67. The lowest BCUT2D eigenvalue weighted by Crippen LogP contribution is -2.24. The largest absolute Gasteiger partial charge is 0.457 e. The van der Waals surface area contributed by atoms with Gasteiger partial charge in [0.2, 0.25) is 0 Å². The minimum atomic E-state index is -0.486. The number of ether oxygens (including phenoxy) is 1. The minimum absolute atomic E-state index is 0.00748. The summed E-state index contributed by atoms with van der Waals surface area (Å²) in [5.74, 6) is 1.04. The third-order valence-electron chi connectivity index (χ3n) is 3.53. The number of hydrazone groups is 1. The number of non-ortho nitro benzene ring substituents is 1. The maximum absolute atomic E-state index is 11.0. The second-order valence-corrected chi connectivity index (χ2v) is 7.03. The SMILES string of the molecule is CC(C)(C)c1ccc(Oc2ccc([N+](=O)[O-])cc2C=NNC(N)=S)cc1. The lowest BCUT2D eigenvalue weighted by molar-refractivity contribution is -0.384. The van der Waals surface area contributed by atoms with Crippen LogP contribution in [0.5, 0.6) is 11.5 Å². The van der Waals surface area contributed by atoms with Crippen LogP contribution in [-0.4, -0.2) is 16.3 Å². The molecule has 0 spiro atoms. The Morgan fingerprint density at radius 3 is 2.46 bits per heavy atom. The van der Waals surface area contributed by atoms with E-state index in [0.717, 1.165) is 0 Å². The number of hydrogen-bond donors (Lipinski definition) is 2. The molecule has 136 valence electrons. The smallest absolute Gasteiger partial charge is 0.270 e. The number of nitrogens with two attached hydrogens (primary N) is 1. The summed E-state index contributed by atoms with van der Waals surface area (Å²) in [6.07, 6.45) is 1.37. The van der Waals surface area contributed by atoms with Crippen molar-refractivity contribution in [3.05, 3.63) is 63.7 Å². The van der Waals surface area contributed by atoms with Crippen molar-refractivity contribution in [1.82, 2.24) is 5.43 Å². The van der Waals surface area contributed by atoms with Crippen LogP contribution in [0.25, 0.3) is 0 Å². The average molecular weight is 372 g/mol. The predicted octanol–water partition coefficient (Wildman–Crippen LogP) is 3.85. The van der Waals surface area contributed by atoms with E-state index in [1.54, 1.807) is 0 Å². The number of nitro benzene ring substituents is 1. The van der Waals surface area contributed by atoms with Gasteiger partial charge < -0.3 is 10.5 Å². The number of hydrogen-bond acceptors (Lipinski definition) is 5. The third kappa shape index (κ3) is 5.25. The molecule has 8 heteroatoms. The fourth-order valence-electron chi connectivity index (χ4n) is 2.16. The highest BCUT2D eigenvalue weighted by molar-refractivity contribution is 7.80. The summed E-state index contributed by atoms with van der Waals surface area (Å²) in [5.41, 5.74) is 9.29. The Hall–Kier alpha value is -3.00. The van der Waals surface area contributed by atoms with Crippen molar-refractivity contribution in [3.63, 3.8) is 0 Å². The lowest BCUT2D eigenvalue weighted by Gasteiger charge is -2.19. The van der Waals surface area contributed by atoms with Crippen LogP contribution in [0.1, 0.15) is 31.9 Å². The van der Waals surface area contributed by atoms with Gasteiger partial charge in [-0.1, -0.05) is 32.9 Å². The maximum Gasteiger partial charge on any atom is 0.270 e. The summed E-state index contributed by atoms with van der Waals surface area (Å²) < 4.78 is 5.86. The number of nitrogens with one attached hydrogen (secondary N) is 1. The molecule has 26 heavy (non-hydrogen) atoms. The molecule has 0 radical (unpaired) electrons. The van der Waals surface area contributed by atoms with Crippen molar-refractivity contribution < 1.29 is 9.66 Å². The summed E-state index contributed by atoms with van der Waals surface area (Å²) in [5, 5.41) is 14.8. The van der Waals surface area contributed by atoms with E-state index < -0.39 is 4.92 Å². The summed E-state index contributed by atoms with van der Waals surface area (Å²) in [6, 6.07) is 12.0. The van der Waals surface area contributed by atoms with Gasteiger partial charge in [0, 0.05) is 17.7 Å². The van der Waals surface area contributed by atoms with Crippen LogP contribution in [0.2, 0.25) is 0 Å². The number of nitro groups is 1. The molecule has 2 aromatic carbocycles. The van der Waals surface area contributed by atoms with E-state index in [4.69, 9.17) is 10.5 Å². The first-order valence-electron chi connectivity index (χ1n) is 7.82. The van der Waals surface area contributed by atoms with E-state index in [-0.39, 0.29) is 16.2 Å². The Kier molecular flexibility index (Phi) is 5.89.